The minimum Gasteiger partial charge on any atom is -0.434 e. The first kappa shape index (κ1) is 30.0. The van der Waals surface area contributed by atoms with Gasteiger partial charge in [-0.1, -0.05) is 24.3 Å². The van der Waals surface area contributed by atoms with Crippen LogP contribution in [0.15, 0.2) is 53.9 Å². The fourth-order valence-corrected chi connectivity index (χ4v) is 4.95. The fourth-order valence-electron chi connectivity index (χ4n) is 4.20. The van der Waals surface area contributed by atoms with Crippen molar-refractivity contribution >= 4 is 21.6 Å². The lowest BCUT2D eigenvalue weighted by Gasteiger charge is -2.23. The third-order valence-corrected chi connectivity index (χ3v) is 7.02. The van der Waals surface area contributed by atoms with Crippen LogP contribution in [0.25, 0.3) is 21.6 Å². The maximum absolute atomic E-state index is 14.3. The summed E-state index contributed by atoms with van der Waals surface area (Å²) in [6.45, 7) is 12.4. The second-order valence-corrected chi connectivity index (χ2v) is 11.1. The number of hydrogen-bond donors (Lipinski definition) is 0. The molecule has 40 heavy (non-hydrogen) atoms. The predicted molar refractivity (Wildman–Crippen MR) is 156 cm³/mol. The van der Waals surface area contributed by atoms with E-state index in [-0.39, 0.29) is 23.8 Å². The van der Waals surface area contributed by atoms with Crippen molar-refractivity contribution in [1.82, 2.24) is 14.9 Å². The Labute approximate surface area is 238 Å². The number of hydrogen-bond acceptors (Lipinski definition) is 7. The Kier molecular flexibility index (Phi) is 10.9. The van der Waals surface area contributed by atoms with E-state index in [9.17, 15) is 8.78 Å². The molecule has 2 heterocycles. The summed E-state index contributed by atoms with van der Waals surface area (Å²) in [5.74, 6) is -0.827. The van der Waals surface area contributed by atoms with E-state index >= 15 is 0 Å². The molecule has 0 atom stereocenters. The molecule has 6 nitrogen and oxygen atoms in total. The quantitative estimate of drug-likeness (QED) is 0.136. The first-order valence-corrected chi connectivity index (χ1v) is 14.6. The number of nitrogens with zero attached hydrogens (tertiary/aromatic N) is 3. The van der Waals surface area contributed by atoms with Crippen LogP contribution in [-0.2, 0) is 16.0 Å². The first-order valence-electron chi connectivity index (χ1n) is 13.7. The van der Waals surface area contributed by atoms with Gasteiger partial charge in [0.25, 0.3) is 0 Å². The van der Waals surface area contributed by atoms with E-state index in [4.69, 9.17) is 19.2 Å². The highest BCUT2D eigenvalue weighted by Gasteiger charge is 2.15. The SMILES string of the molecule is CC(C)OCCCN(CCCOC(C)C)Cc1ccc(-c2nc(Oc3ccc(F)cc3F)c3sccc3n2)cc1. The van der Waals surface area contributed by atoms with Crippen molar-refractivity contribution in [1.29, 1.82) is 0 Å². The highest BCUT2D eigenvalue weighted by molar-refractivity contribution is 7.17. The summed E-state index contributed by atoms with van der Waals surface area (Å²) in [6.07, 6.45) is 2.40. The van der Waals surface area contributed by atoms with Crippen molar-refractivity contribution in [3.05, 3.63) is 71.1 Å². The van der Waals surface area contributed by atoms with Crippen LogP contribution in [0.5, 0.6) is 11.6 Å². The van der Waals surface area contributed by atoms with E-state index < -0.39 is 11.6 Å². The summed E-state index contributed by atoms with van der Waals surface area (Å²) < 4.78 is 45.6. The van der Waals surface area contributed by atoms with Crippen molar-refractivity contribution in [3.63, 3.8) is 0 Å². The van der Waals surface area contributed by atoms with Crippen LogP contribution in [0, 0.1) is 11.6 Å². The van der Waals surface area contributed by atoms with Gasteiger partial charge in [-0.3, -0.25) is 4.90 Å². The van der Waals surface area contributed by atoms with Crippen molar-refractivity contribution < 1.29 is 23.0 Å². The molecular formula is C31H37F2N3O3S. The van der Waals surface area contributed by atoms with Crippen LogP contribution in [0.3, 0.4) is 0 Å². The van der Waals surface area contributed by atoms with Gasteiger partial charge in [-0.15, -0.1) is 11.3 Å². The molecule has 0 fully saturated rings. The summed E-state index contributed by atoms with van der Waals surface area (Å²) in [4.78, 5) is 11.7. The summed E-state index contributed by atoms with van der Waals surface area (Å²) in [5, 5.41) is 1.88. The lowest BCUT2D eigenvalue weighted by molar-refractivity contribution is 0.0609. The van der Waals surface area contributed by atoms with Crippen molar-refractivity contribution in [2.45, 2.75) is 59.3 Å². The molecule has 0 saturated heterocycles. The van der Waals surface area contributed by atoms with Gasteiger partial charge in [0, 0.05) is 44.5 Å². The molecule has 0 aliphatic rings. The van der Waals surface area contributed by atoms with Gasteiger partial charge in [0.2, 0.25) is 5.88 Å². The number of fused-ring (bicyclic) bond motifs is 1. The molecule has 0 amide bonds. The van der Waals surface area contributed by atoms with Gasteiger partial charge in [0.15, 0.2) is 17.4 Å². The van der Waals surface area contributed by atoms with E-state index in [0.717, 1.165) is 63.4 Å². The third kappa shape index (κ3) is 8.76. The number of halogens is 2. The van der Waals surface area contributed by atoms with Crippen LogP contribution in [0.1, 0.15) is 46.1 Å². The Hall–Kier alpha value is -2.98. The molecule has 0 aliphatic carbocycles. The van der Waals surface area contributed by atoms with Crippen molar-refractivity contribution in [3.8, 4) is 23.0 Å². The zero-order valence-electron chi connectivity index (χ0n) is 23.5. The van der Waals surface area contributed by atoms with Crippen LogP contribution in [0.4, 0.5) is 8.78 Å². The lowest BCUT2D eigenvalue weighted by atomic mass is 10.1. The van der Waals surface area contributed by atoms with E-state index in [2.05, 4.69) is 49.7 Å². The summed E-state index contributed by atoms with van der Waals surface area (Å²) in [5.41, 5.74) is 2.71. The van der Waals surface area contributed by atoms with Gasteiger partial charge in [-0.05, 0) is 69.7 Å². The van der Waals surface area contributed by atoms with Gasteiger partial charge in [0.05, 0.1) is 17.7 Å². The topological polar surface area (TPSA) is 56.7 Å². The molecule has 0 N–H and O–H groups in total. The monoisotopic (exact) mass is 569 g/mol. The molecule has 4 rings (SSSR count). The molecule has 0 radical (unpaired) electrons. The molecule has 0 saturated carbocycles. The Morgan fingerprint density at radius 1 is 0.850 bits per heavy atom. The molecular weight excluding hydrogens is 532 g/mol. The minimum atomic E-state index is -0.787. The maximum atomic E-state index is 14.3. The van der Waals surface area contributed by atoms with Crippen molar-refractivity contribution in [2.75, 3.05) is 26.3 Å². The summed E-state index contributed by atoms with van der Waals surface area (Å²) >= 11 is 1.40. The average Bonchev–Trinajstić information content (AvgIpc) is 3.40. The molecule has 0 bridgehead atoms. The highest BCUT2D eigenvalue weighted by atomic mass is 32.1. The second kappa shape index (κ2) is 14.6. The number of aromatic nitrogens is 2. The Morgan fingerprint density at radius 2 is 1.52 bits per heavy atom. The van der Waals surface area contributed by atoms with E-state index in [1.165, 1.54) is 23.0 Å². The number of thiophene rings is 1. The molecule has 9 heteroatoms. The largest absolute Gasteiger partial charge is 0.434 e. The minimum absolute atomic E-state index is 0.0891. The smallest absolute Gasteiger partial charge is 0.241 e. The molecule has 0 unspecified atom stereocenters. The van der Waals surface area contributed by atoms with E-state index in [1.54, 1.807) is 0 Å². The van der Waals surface area contributed by atoms with Crippen LogP contribution in [0.2, 0.25) is 0 Å². The third-order valence-electron chi connectivity index (χ3n) is 6.13. The van der Waals surface area contributed by atoms with Gasteiger partial charge in [-0.25, -0.2) is 13.8 Å². The predicted octanol–water partition coefficient (Wildman–Crippen LogP) is 7.86. The average molecular weight is 570 g/mol. The summed E-state index contributed by atoms with van der Waals surface area (Å²) in [6, 6.07) is 13.2. The van der Waals surface area contributed by atoms with Crippen molar-refractivity contribution in [2.24, 2.45) is 0 Å². The molecule has 214 valence electrons. The lowest BCUT2D eigenvalue weighted by Crippen LogP contribution is -2.27. The van der Waals surface area contributed by atoms with Gasteiger partial charge >= 0.3 is 0 Å². The maximum Gasteiger partial charge on any atom is 0.241 e. The molecule has 0 aliphatic heterocycles. The van der Waals surface area contributed by atoms with Gasteiger partial charge in [0.1, 0.15) is 10.5 Å². The van der Waals surface area contributed by atoms with Crippen LogP contribution >= 0.6 is 11.3 Å². The number of benzene rings is 2. The number of ether oxygens (including phenoxy) is 3. The number of rotatable bonds is 15. The molecule has 4 aromatic rings. The van der Waals surface area contributed by atoms with E-state index in [1.807, 2.05) is 23.6 Å². The Morgan fingerprint density at radius 3 is 2.15 bits per heavy atom. The Balaban J connectivity index is 1.47. The van der Waals surface area contributed by atoms with Gasteiger partial charge in [-0.2, -0.15) is 4.98 Å². The van der Waals surface area contributed by atoms with E-state index in [0.29, 0.717) is 16.0 Å². The second-order valence-electron chi connectivity index (χ2n) is 10.2. The molecule has 2 aromatic heterocycles. The molecule has 2 aromatic carbocycles. The Bertz CT molecular complexity index is 1350. The zero-order valence-corrected chi connectivity index (χ0v) is 24.3. The molecule has 0 spiro atoms. The normalized spacial score (nSPS) is 11.8. The first-order chi connectivity index (χ1) is 19.3. The summed E-state index contributed by atoms with van der Waals surface area (Å²) in [7, 11) is 0. The highest BCUT2D eigenvalue weighted by Crippen LogP contribution is 2.34. The van der Waals surface area contributed by atoms with Crippen LogP contribution < -0.4 is 4.74 Å². The fraction of sp³-hybridized carbons (Fsp3) is 0.419. The van der Waals surface area contributed by atoms with Crippen LogP contribution in [-0.4, -0.2) is 53.4 Å². The standard InChI is InChI=1S/C31H37F2N3O3S/c1-21(2)37-16-5-14-36(15-6-17-38-22(3)4)20-23-7-9-24(10-8-23)30-34-27-13-18-40-29(27)31(35-30)39-28-12-11-25(32)19-26(28)33/h7-13,18-19,21-22H,5-6,14-17,20H2,1-4H3. The van der Waals surface area contributed by atoms with Gasteiger partial charge < -0.3 is 14.2 Å². The zero-order chi connectivity index (χ0) is 28.5.